The topological polar surface area (TPSA) is 63.5 Å². The maximum Gasteiger partial charge on any atom is 0.274 e. The lowest BCUT2D eigenvalue weighted by molar-refractivity contribution is -0.385. The first-order valence-electron chi connectivity index (χ1n) is 5.64. The summed E-state index contributed by atoms with van der Waals surface area (Å²) in [6, 6.07) is 4.92. The van der Waals surface area contributed by atoms with Crippen LogP contribution in [0.1, 0.15) is 12.0 Å². The second kappa shape index (κ2) is 5.06. The molecule has 1 saturated heterocycles. The number of aryl methyl sites for hydroxylation is 1. The molecule has 1 unspecified atom stereocenters. The fraction of sp³-hybridized carbons (Fsp3) is 0.417. The molecule has 5 nitrogen and oxygen atoms in total. The third-order valence-electron chi connectivity index (χ3n) is 3.12. The fourth-order valence-corrected chi connectivity index (χ4v) is 2.53. The summed E-state index contributed by atoms with van der Waals surface area (Å²) in [5.74, 6) is 0.301. The Kier molecular flexibility index (Phi) is 3.65. The van der Waals surface area contributed by atoms with Crippen LogP contribution in [0, 0.1) is 23.0 Å². The third kappa shape index (κ3) is 2.38. The highest BCUT2D eigenvalue weighted by atomic mass is 79.9. The molecule has 1 aliphatic rings. The molecule has 0 bridgehead atoms. The Bertz CT molecular complexity index is 504. The number of amides is 1. The van der Waals surface area contributed by atoms with Gasteiger partial charge in [-0.3, -0.25) is 14.9 Å². The predicted octanol–water partition coefficient (Wildman–Crippen LogP) is 2.65. The van der Waals surface area contributed by atoms with Crippen LogP contribution >= 0.6 is 15.9 Å². The van der Waals surface area contributed by atoms with Crippen molar-refractivity contribution in [2.24, 2.45) is 5.92 Å². The van der Waals surface area contributed by atoms with E-state index in [1.165, 1.54) is 6.07 Å². The van der Waals surface area contributed by atoms with Crippen LogP contribution < -0.4 is 4.90 Å². The maximum atomic E-state index is 11.8. The molecule has 6 heteroatoms. The molecular formula is C12H13BrN2O3. The minimum atomic E-state index is -0.415. The van der Waals surface area contributed by atoms with Crippen molar-refractivity contribution in [3.63, 3.8) is 0 Å². The molecule has 0 saturated carbocycles. The molecule has 0 radical (unpaired) electrons. The van der Waals surface area contributed by atoms with Crippen LogP contribution in [0.25, 0.3) is 0 Å². The fourth-order valence-electron chi connectivity index (χ4n) is 2.10. The van der Waals surface area contributed by atoms with Gasteiger partial charge in [-0.1, -0.05) is 22.0 Å². The Morgan fingerprint density at radius 2 is 2.28 bits per heavy atom. The molecule has 2 rings (SSSR count). The Balaban J connectivity index is 2.32. The van der Waals surface area contributed by atoms with Gasteiger partial charge in [0.15, 0.2) is 0 Å². The first-order chi connectivity index (χ1) is 8.52. The molecule has 1 aromatic carbocycles. The van der Waals surface area contributed by atoms with E-state index in [1.807, 2.05) is 0 Å². The van der Waals surface area contributed by atoms with E-state index in [4.69, 9.17) is 0 Å². The molecule has 0 aromatic heterocycles. The molecule has 18 heavy (non-hydrogen) atoms. The second-order valence-electron chi connectivity index (χ2n) is 4.46. The van der Waals surface area contributed by atoms with E-state index in [9.17, 15) is 14.9 Å². The van der Waals surface area contributed by atoms with Crippen LogP contribution in [0.4, 0.5) is 11.4 Å². The standard InChI is InChI=1S/C12H13BrN2O3/c1-8-2-3-10(5-11(8)15(17)18)14-7-9(6-13)4-12(14)16/h2-3,5,9H,4,6-7H2,1H3. The number of nitro groups is 1. The molecule has 0 aliphatic carbocycles. The van der Waals surface area contributed by atoms with Crippen LogP contribution in [0.5, 0.6) is 0 Å². The average Bonchev–Trinajstić information content (AvgIpc) is 2.71. The zero-order valence-electron chi connectivity index (χ0n) is 9.93. The van der Waals surface area contributed by atoms with Crippen LogP contribution in [0.15, 0.2) is 18.2 Å². The lowest BCUT2D eigenvalue weighted by Gasteiger charge is -2.16. The Hall–Kier alpha value is -1.43. The highest BCUT2D eigenvalue weighted by Crippen LogP contribution is 2.30. The largest absolute Gasteiger partial charge is 0.312 e. The number of benzene rings is 1. The van der Waals surface area contributed by atoms with Gasteiger partial charge in [-0.15, -0.1) is 0 Å². The number of alkyl halides is 1. The molecule has 1 aliphatic heterocycles. The molecule has 1 atom stereocenters. The van der Waals surface area contributed by atoms with Crippen molar-refractivity contribution in [3.8, 4) is 0 Å². The lowest BCUT2D eigenvalue weighted by atomic mass is 10.1. The van der Waals surface area contributed by atoms with Crippen molar-refractivity contribution in [3.05, 3.63) is 33.9 Å². The molecule has 1 fully saturated rings. The van der Waals surface area contributed by atoms with Gasteiger partial charge in [0.25, 0.3) is 5.69 Å². The maximum absolute atomic E-state index is 11.8. The SMILES string of the molecule is Cc1ccc(N2CC(CBr)CC2=O)cc1[N+](=O)[O-]. The Labute approximate surface area is 113 Å². The van der Waals surface area contributed by atoms with E-state index in [0.29, 0.717) is 24.2 Å². The summed E-state index contributed by atoms with van der Waals surface area (Å²) < 4.78 is 0. The van der Waals surface area contributed by atoms with Crippen molar-refractivity contribution in [2.45, 2.75) is 13.3 Å². The molecule has 96 valence electrons. The number of nitro benzene ring substituents is 1. The van der Waals surface area contributed by atoms with E-state index in [1.54, 1.807) is 24.0 Å². The number of anilines is 1. The summed E-state index contributed by atoms with van der Waals surface area (Å²) >= 11 is 3.37. The summed E-state index contributed by atoms with van der Waals surface area (Å²) in [5.41, 5.74) is 1.27. The first-order valence-corrected chi connectivity index (χ1v) is 6.76. The molecule has 0 spiro atoms. The average molecular weight is 313 g/mol. The smallest absolute Gasteiger partial charge is 0.274 e. The van der Waals surface area contributed by atoms with Gasteiger partial charge in [-0.25, -0.2) is 0 Å². The van der Waals surface area contributed by atoms with Gasteiger partial charge in [0.2, 0.25) is 5.91 Å². The number of hydrogen-bond acceptors (Lipinski definition) is 3. The van der Waals surface area contributed by atoms with Crippen LogP contribution in [0.2, 0.25) is 0 Å². The number of carbonyl (C=O) groups is 1. The summed E-state index contributed by atoms with van der Waals surface area (Å²) in [7, 11) is 0. The quantitative estimate of drug-likeness (QED) is 0.489. The minimum absolute atomic E-state index is 0.0256. The number of rotatable bonds is 3. The van der Waals surface area contributed by atoms with Crippen molar-refractivity contribution in [1.82, 2.24) is 0 Å². The zero-order valence-corrected chi connectivity index (χ0v) is 11.5. The molecule has 1 amide bonds. The Morgan fingerprint density at radius 1 is 1.56 bits per heavy atom. The highest BCUT2D eigenvalue weighted by Gasteiger charge is 2.30. The minimum Gasteiger partial charge on any atom is -0.312 e. The van der Waals surface area contributed by atoms with E-state index in [0.717, 1.165) is 5.33 Å². The Morgan fingerprint density at radius 3 is 2.83 bits per heavy atom. The van der Waals surface area contributed by atoms with Gasteiger partial charge in [0, 0.05) is 29.9 Å². The van der Waals surface area contributed by atoms with Gasteiger partial charge in [-0.2, -0.15) is 0 Å². The third-order valence-corrected chi connectivity index (χ3v) is 4.04. The van der Waals surface area contributed by atoms with Gasteiger partial charge < -0.3 is 4.90 Å². The summed E-state index contributed by atoms with van der Waals surface area (Å²) in [6.07, 6.45) is 0.493. The summed E-state index contributed by atoms with van der Waals surface area (Å²) in [5, 5.41) is 11.7. The van der Waals surface area contributed by atoms with Crippen LogP contribution in [-0.2, 0) is 4.79 Å². The van der Waals surface area contributed by atoms with E-state index >= 15 is 0 Å². The molecule has 0 N–H and O–H groups in total. The van der Waals surface area contributed by atoms with Gasteiger partial charge in [-0.05, 0) is 18.9 Å². The number of hydrogen-bond donors (Lipinski definition) is 0. The van der Waals surface area contributed by atoms with Crippen LogP contribution in [0.3, 0.4) is 0 Å². The zero-order chi connectivity index (χ0) is 13.3. The number of halogens is 1. The van der Waals surface area contributed by atoms with Crippen molar-refractivity contribution >= 4 is 33.2 Å². The second-order valence-corrected chi connectivity index (χ2v) is 5.10. The molecule has 1 heterocycles. The normalized spacial score (nSPS) is 19.3. The van der Waals surface area contributed by atoms with Gasteiger partial charge >= 0.3 is 0 Å². The van der Waals surface area contributed by atoms with E-state index in [2.05, 4.69) is 15.9 Å². The van der Waals surface area contributed by atoms with E-state index in [-0.39, 0.29) is 17.5 Å². The van der Waals surface area contributed by atoms with Gasteiger partial charge in [0.1, 0.15) is 0 Å². The van der Waals surface area contributed by atoms with Crippen LogP contribution in [-0.4, -0.2) is 22.7 Å². The predicted molar refractivity (Wildman–Crippen MR) is 72.1 cm³/mol. The molecular weight excluding hydrogens is 300 g/mol. The highest BCUT2D eigenvalue weighted by molar-refractivity contribution is 9.09. The van der Waals surface area contributed by atoms with Crippen molar-refractivity contribution in [2.75, 3.05) is 16.8 Å². The first kappa shape index (κ1) is 13.0. The number of nitrogens with zero attached hydrogens (tertiary/aromatic N) is 2. The van der Waals surface area contributed by atoms with Gasteiger partial charge in [0.05, 0.1) is 10.6 Å². The van der Waals surface area contributed by atoms with E-state index < -0.39 is 4.92 Å². The lowest BCUT2D eigenvalue weighted by Crippen LogP contribution is -2.24. The van der Waals surface area contributed by atoms with Crippen molar-refractivity contribution < 1.29 is 9.72 Å². The number of carbonyl (C=O) groups excluding carboxylic acids is 1. The van der Waals surface area contributed by atoms with Crippen molar-refractivity contribution in [1.29, 1.82) is 0 Å². The summed E-state index contributed by atoms with van der Waals surface area (Å²) in [6.45, 7) is 2.30. The molecule has 1 aromatic rings. The monoisotopic (exact) mass is 312 g/mol. The summed E-state index contributed by atoms with van der Waals surface area (Å²) in [4.78, 5) is 23.9.